The highest BCUT2D eigenvalue weighted by molar-refractivity contribution is 5.76. The highest BCUT2D eigenvalue weighted by Crippen LogP contribution is 2.36. The van der Waals surface area contributed by atoms with Gasteiger partial charge in [0, 0.05) is 46.8 Å². The van der Waals surface area contributed by atoms with Crippen molar-refractivity contribution in [2.75, 3.05) is 40.4 Å². The fraction of sp³-hybridized carbons (Fsp3) is 0.650. The van der Waals surface area contributed by atoms with Gasteiger partial charge >= 0.3 is 0 Å². The number of carbonyl (C=O) groups excluding carboxylic acids is 1. The Bertz CT molecular complexity index is 623. The second-order valence-electron chi connectivity index (χ2n) is 7.82. The van der Waals surface area contributed by atoms with E-state index in [4.69, 9.17) is 9.47 Å². The third kappa shape index (κ3) is 4.40. The molecule has 2 fully saturated rings. The van der Waals surface area contributed by atoms with Crippen LogP contribution in [0.4, 0.5) is 0 Å². The monoisotopic (exact) mass is 346 g/mol. The zero-order valence-electron chi connectivity index (χ0n) is 15.9. The maximum absolute atomic E-state index is 11.7. The summed E-state index contributed by atoms with van der Waals surface area (Å²) >= 11 is 0. The normalized spacial score (nSPS) is 22.6. The fourth-order valence-corrected chi connectivity index (χ4v) is 3.76. The number of ether oxygens (including phenoxy) is 2. The van der Waals surface area contributed by atoms with Crippen LogP contribution in [0.2, 0.25) is 0 Å². The number of likely N-dealkylation sites (N-methyl/N-ethyl adjacent to an activating group) is 1. The van der Waals surface area contributed by atoms with Crippen molar-refractivity contribution in [1.29, 1.82) is 0 Å². The molecule has 2 saturated heterocycles. The third-order valence-electron chi connectivity index (χ3n) is 5.31. The van der Waals surface area contributed by atoms with Crippen LogP contribution in [0.25, 0.3) is 0 Å². The van der Waals surface area contributed by atoms with Crippen molar-refractivity contribution in [3.8, 4) is 0 Å². The molecule has 2 heterocycles. The molecule has 1 aromatic rings. The van der Waals surface area contributed by atoms with Crippen LogP contribution in [0.3, 0.4) is 0 Å². The maximum atomic E-state index is 11.7. The van der Waals surface area contributed by atoms with Crippen molar-refractivity contribution < 1.29 is 14.3 Å². The first-order valence-corrected chi connectivity index (χ1v) is 9.11. The summed E-state index contributed by atoms with van der Waals surface area (Å²) in [5, 5.41) is 0. The zero-order valence-corrected chi connectivity index (χ0v) is 15.9. The first-order valence-electron chi connectivity index (χ1n) is 9.11. The van der Waals surface area contributed by atoms with Crippen LogP contribution in [-0.2, 0) is 20.8 Å². The second-order valence-corrected chi connectivity index (χ2v) is 7.82. The average Bonchev–Trinajstić information content (AvgIpc) is 2.54. The molecule has 1 aromatic carbocycles. The van der Waals surface area contributed by atoms with Gasteiger partial charge in [-0.25, -0.2) is 0 Å². The molecule has 1 spiro atoms. The molecule has 1 atom stereocenters. The van der Waals surface area contributed by atoms with Crippen LogP contribution in [-0.4, -0.2) is 67.8 Å². The highest BCUT2D eigenvalue weighted by Gasteiger charge is 2.47. The van der Waals surface area contributed by atoms with Crippen molar-refractivity contribution in [3.63, 3.8) is 0 Å². The molecule has 1 unspecified atom stereocenters. The topological polar surface area (TPSA) is 42.0 Å². The van der Waals surface area contributed by atoms with Crippen LogP contribution < -0.4 is 0 Å². The number of likely N-dealkylation sites (tertiary alicyclic amines) is 1. The standard InChI is InChI=1S/C20H30N2O3/c1-15-5-6-16(2)17(9-15)11-22-13-20(14-22)10-18(7-8-25-20)24-12-19(23)21(3)4/h5-6,9,18H,7-8,10-14H2,1-4H3. The van der Waals surface area contributed by atoms with E-state index in [1.165, 1.54) is 16.7 Å². The summed E-state index contributed by atoms with van der Waals surface area (Å²) in [5.74, 6) is 0.0192. The Labute approximate surface area is 150 Å². The lowest BCUT2D eigenvalue weighted by Gasteiger charge is -2.53. The lowest BCUT2D eigenvalue weighted by molar-refractivity contribution is -0.200. The molecule has 0 aromatic heterocycles. The molecule has 0 saturated carbocycles. The van der Waals surface area contributed by atoms with Crippen molar-refractivity contribution in [3.05, 3.63) is 34.9 Å². The summed E-state index contributed by atoms with van der Waals surface area (Å²) in [5.41, 5.74) is 3.97. The summed E-state index contributed by atoms with van der Waals surface area (Å²) in [7, 11) is 3.52. The van der Waals surface area contributed by atoms with E-state index in [0.29, 0.717) is 0 Å². The van der Waals surface area contributed by atoms with E-state index >= 15 is 0 Å². The molecular formula is C20H30N2O3. The second kappa shape index (κ2) is 7.44. The molecule has 0 bridgehead atoms. The smallest absolute Gasteiger partial charge is 0.248 e. The lowest BCUT2D eigenvalue weighted by atomic mass is 9.84. The fourth-order valence-electron chi connectivity index (χ4n) is 3.76. The Morgan fingerprint density at radius 2 is 2.12 bits per heavy atom. The maximum Gasteiger partial charge on any atom is 0.248 e. The van der Waals surface area contributed by atoms with Gasteiger partial charge in [0.1, 0.15) is 6.61 Å². The highest BCUT2D eigenvalue weighted by atomic mass is 16.5. The number of hydrogen-bond acceptors (Lipinski definition) is 4. The van der Waals surface area contributed by atoms with Gasteiger partial charge in [0.25, 0.3) is 0 Å². The Hall–Kier alpha value is -1.43. The van der Waals surface area contributed by atoms with E-state index in [0.717, 1.165) is 39.1 Å². The van der Waals surface area contributed by atoms with Crippen LogP contribution >= 0.6 is 0 Å². The van der Waals surface area contributed by atoms with Crippen LogP contribution in [0.1, 0.15) is 29.5 Å². The van der Waals surface area contributed by atoms with Crippen molar-refractivity contribution in [2.24, 2.45) is 0 Å². The van der Waals surface area contributed by atoms with Gasteiger partial charge in [-0.1, -0.05) is 23.8 Å². The van der Waals surface area contributed by atoms with Crippen molar-refractivity contribution >= 4 is 5.91 Å². The van der Waals surface area contributed by atoms with Crippen molar-refractivity contribution in [1.82, 2.24) is 9.80 Å². The van der Waals surface area contributed by atoms with Gasteiger partial charge in [0.05, 0.1) is 11.7 Å². The SMILES string of the molecule is Cc1ccc(C)c(CN2CC3(CC(OCC(=O)N(C)C)CCO3)C2)c1. The lowest BCUT2D eigenvalue weighted by Crippen LogP contribution is -2.65. The molecule has 3 rings (SSSR count). The molecule has 2 aliphatic heterocycles. The number of nitrogens with zero attached hydrogens (tertiary/aromatic N) is 2. The van der Waals surface area contributed by atoms with Gasteiger partial charge in [-0.2, -0.15) is 0 Å². The number of aryl methyl sites for hydroxylation is 2. The van der Waals surface area contributed by atoms with Gasteiger partial charge in [-0.15, -0.1) is 0 Å². The molecule has 0 N–H and O–H groups in total. The first kappa shape index (κ1) is 18.4. The Kier molecular flexibility index (Phi) is 5.46. The number of rotatable bonds is 5. The number of hydrogen-bond donors (Lipinski definition) is 0. The molecular weight excluding hydrogens is 316 g/mol. The van der Waals surface area contributed by atoms with E-state index in [-0.39, 0.29) is 24.2 Å². The number of carbonyl (C=O) groups is 1. The molecule has 2 aliphatic rings. The molecule has 138 valence electrons. The molecule has 5 heteroatoms. The van der Waals surface area contributed by atoms with Gasteiger partial charge in [-0.05, 0) is 31.4 Å². The summed E-state index contributed by atoms with van der Waals surface area (Å²) in [6, 6.07) is 6.64. The average molecular weight is 346 g/mol. The van der Waals surface area contributed by atoms with Crippen LogP contribution in [0.5, 0.6) is 0 Å². The minimum absolute atomic E-state index is 0.0192. The van der Waals surface area contributed by atoms with Gasteiger partial charge in [0.2, 0.25) is 5.91 Å². The molecule has 0 aliphatic carbocycles. The summed E-state index contributed by atoms with van der Waals surface area (Å²) in [4.78, 5) is 15.7. The molecule has 5 nitrogen and oxygen atoms in total. The summed E-state index contributed by atoms with van der Waals surface area (Å²) in [6.45, 7) is 8.07. The number of benzene rings is 1. The summed E-state index contributed by atoms with van der Waals surface area (Å²) in [6.07, 6.45) is 1.89. The summed E-state index contributed by atoms with van der Waals surface area (Å²) < 4.78 is 11.9. The molecule has 25 heavy (non-hydrogen) atoms. The van der Waals surface area contributed by atoms with E-state index in [2.05, 4.69) is 36.9 Å². The Balaban J connectivity index is 1.50. The molecule has 0 radical (unpaired) electrons. The number of amides is 1. The minimum atomic E-state index is -0.0815. The largest absolute Gasteiger partial charge is 0.372 e. The predicted molar refractivity (Wildman–Crippen MR) is 97.5 cm³/mol. The Morgan fingerprint density at radius 1 is 1.36 bits per heavy atom. The molecule has 1 amide bonds. The van der Waals surface area contributed by atoms with E-state index in [1.807, 2.05) is 0 Å². The quantitative estimate of drug-likeness (QED) is 0.819. The zero-order chi connectivity index (χ0) is 18.0. The minimum Gasteiger partial charge on any atom is -0.372 e. The Morgan fingerprint density at radius 3 is 2.84 bits per heavy atom. The van der Waals surface area contributed by atoms with Gasteiger partial charge < -0.3 is 14.4 Å². The van der Waals surface area contributed by atoms with Crippen LogP contribution in [0.15, 0.2) is 18.2 Å². The third-order valence-corrected chi connectivity index (χ3v) is 5.31. The van der Waals surface area contributed by atoms with E-state index in [1.54, 1.807) is 19.0 Å². The van der Waals surface area contributed by atoms with E-state index < -0.39 is 0 Å². The van der Waals surface area contributed by atoms with E-state index in [9.17, 15) is 4.79 Å². The predicted octanol–water partition coefficient (Wildman–Crippen LogP) is 2.14. The van der Waals surface area contributed by atoms with Crippen molar-refractivity contribution in [2.45, 2.75) is 44.9 Å². The van der Waals surface area contributed by atoms with Crippen LogP contribution in [0, 0.1) is 13.8 Å². The first-order chi connectivity index (χ1) is 11.9. The van der Waals surface area contributed by atoms with Gasteiger partial charge in [0.15, 0.2) is 0 Å². The van der Waals surface area contributed by atoms with Gasteiger partial charge in [-0.3, -0.25) is 9.69 Å².